The minimum Gasteiger partial charge on any atom is -0.450 e. The summed E-state index contributed by atoms with van der Waals surface area (Å²) in [7, 11) is 0. The van der Waals surface area contributed by atoms with Crippen molar-refractivity contribution in [2.45, 2.75) is 71.1 Å². The highest BCUT2D eigenvalue weighted by atomic mass is 16.7. The highest BCUT2D eigenvalue weighted by Crippen LogP contribution is 2.10. The van der Waals surface area contributed by atoms with Crippen LogP contribution in [0.25, 0.3) is 0 Å². The highest BCUT2D eigenvalue weighted by Gasteiger charge is 1.96. The average molecular weight is 230 g/mol. The summed E-state index contributed by atoms with van der Waals surface area (Å²) in [6.07, 6.45) is 11.4. The van der Waals surface area contributed by atoms with E-state index in [2.05, 4.69) is 11.7 Å². The smallest absolute Gasteiger partial charge is 0.450 e. The third-order valence-corrected chi connectivity index (χ3v) is 2.72. The van der Waals surface area contributed by atoms with E-state index < -0.39 is 6.16 Å². The van der Waals surface area contributed by atoms with Gasteiger partial charge in [0.05, 0.1) is 6.61 Å². The average Bonchev–Trinajstić information content (AvgIpc) is 2.25. The number of ether oxygens (including phenoxy) is 1. The first kappa shape index (κ1) is 15.3. The van der Waals surface area contributed by atoms with Gasteiger partial charge in [-0.25, -0.2) is 4.79 Å². The molecule has 0 aromatic rings. The Morgan fingerprint density at radius 1 is 0.875 bits per heavy atom. The third-order valence-electron chi connectivity index (χ3n) is 2.72. The summed E-state index contributed by atoms with van der Waals surface area (Å²) in [6, 6.07) is 0. The number of carboxylic acid groups (broad SMARTS) is 1. The fourth-order valence-electron chi connectivity index (χ4n) is 1.75. The van der Waals surface area contributed by atoms with Crippen molar-refractivity contribution in [1.82, 2.24) is 0 Å². The second-order valence-corrected chi connectivity index (χ2v) is 4.30. The SMILES string of the molecule is CCCCCCCCCCCCOC(=O)O. The summed E-state index contributed by atoms with van der Waals surface area (Å²) >= 11 is 0. The molecule has 0 saturated carbocycles. The van der Waals surface area contributed by atoms with Crippen LogP contribution < -0.4 is 0 Å². The highest BCUT2D eigenvalue weighted by molar-refractivity contribution is 5.56. The topological polar surface area (TPSA) is 46.5 Å². The maximum atomic E-state index is 10.0. The van der Waals surface area contributed by atoms with Crippen molar-refractivity contribution in [3.05, 3.63) is 0 Å². The van der Waals surface area contributed by atoms with Crippen molar-refractivity contribution >= 4 is 6.16 Å². The largest absolute Gasteiger partial charge is 0.505 e. The fourth-order valence-corrected chi connectivity index (χ4v) is 1.75. The van der Waals surface area contributed by atoms with Gasteiger partial charge < -0.3 is 9.84 Å². The van der Waals surface area contributed by atoms with Crippen LogP contribution in [-0.4, -0.2) is 17.9 Å². The Bertz CT molecular complexity index is 157. The van der Waals surface area contributed by atoms with Crippen LogP contribution in [0.1, 0.15) is 71.1 Å². The molecule has 0 rings (SSSR count). The molecule has 0 saturated heterocycles. The van der Waals surface area contributed by atoms with E-state index in [4.69, 9.17) is 5.11 Å². The molecule has 0 fully saturated rings. The number of unbranched alkanes of at least 4 members (excludes halogenated alkanes) is 9. The second kappa shape index (κ2) is 12.3. The van der Waals surface area contributed by atoms with Crippen molar-refractivity contribution in [2.75, 3.05) is 6.61 Å². The Morgan fingerprint density at radius 2 is 1.31 bits per heavy atom. The zero-order valence-corrected chi connectivity index (χ0v) is 10.5. The van der Waals surface area contributed by atoms with Crippen LogP contribution in [0.5, 0.6) is 0 Å². The molecule has 0 aliphatic carbocycles. The maximum Gasteiger partial charge on any atom is 0.505 e. The van der Waals surface area contributed by atoms with Gasteiger partial charge in [0.1, 0.15) is 0 Å². The first-order valence-corrected chi connectivity index (χ1v) is 6.63. The molecule has 0 bridgehead atoms. The quantitative estimate of drug-likeness (QED) is 0.416. The summed E-state index contributed by atoms with van der Waals surface area (Å²) in [5, 5.41) is 8.23. The molecule has 0 spiro atoms. The molecule has 0 aliphatic heterocycles. The maximum absolute atomic E-state index is 10.0. The Labute approximate surface area is 99.2 Å². The summed E-state index contributed by atoms with van der Waals surface area (Å²) in [5.41, 5.74) is 0. The lowest BCUT2D eigenvalue weighted by atomic mass is 10.1. The van der Waals surface area contributed by atoms with Gasteiger partial charge in [-0.05, 0) is 6.42 Å². The van der Waals surface area contributed by atoms with Gasteiger partial charge in [0, 0.05) is 0 Å². The third kappa shape index (κ3) is 13.3. The van der Waals surface area contributed by atoms with Crippen LogP contribution in [0.3, 0.4) is 0 Å². The number of rotatable bonds is 11. The molecule has 3 heteroatoms. The van der Waals surface area contributed by atoms with Gasteiger partial charge in [-0.2, -0.15) is 0 Å². The van der Waals surface area contributed by atoms with Gasteiger partial charge in [0.15, 0.2) is 0 Å². The van der Waals surface area contributed by atoms with Gasteiger partial charge >= 0.3 is 6.16 Å². The standard InChI is InChI=1S/C13H26O3/c1-2-3-4-5-6-7-8-9-10-11-12-16-13(14)15/h2-12H2,1H3,(H,14,15). The number of hydrogen-bond donors (Lipinski definition) is 1. The Hall–Kier alpha value is -0.730. The van der Waals surface area contributed by atoms with Crippen molar-refractivity contribution in [3.8, 4) is 0 Å². The monoisotopic (exact) mass is 230 g/mol. The summed E-state index contributed by atoms with van der Waals surface area (Å²) in [4.78, 5) is 10.0. The number of hydrogen-bond acceptors (Lipinski definition) is 2. The lowest BCUT2D eigenvalue weighted by molar-refractivity contribution is 0.0899. The molecule has 3 nitrogen and oxygen atoms in total. The molecule has 0 aromatic heterocycles. The van der Waals surface area contributed by atoms with Gasteiger partial charge in [-0.3, -0.25) is 0 Å². The Balaban J connectivity index is 2.90. The van der Waals surface area contributed by atoms with Gasteiger partial charge in [0.2, 0.25) is 0 Å². The van der Waals surface area contributed by atoms with Crippen molar-refractivity contribution in [2.24, 2.45) is 0 Å². The van der Waals surface area contributed by atoms with E-state index in [1.165, 1.54) is 51.4 Å². The van der Waals surface area contributed by atoms with Crippen LogP contribution in [0.4, 0.5) is 4.79 Å². The summed E-state index contributed by atoms with van der Waals surface area (Å²) in [6.45, 7) is 2.59. The van der Waals surface area contributed by atoms with E-state index in [9.17, 15) is 4.79 Å². The van der Waals surface area contributed by atoms with Crippen LogP contribution in [0.15, 0.2) is 0 Å². The predicted molar refractivity (Wildman–Crippen MR) is 65.8 cm³/mol. The minimum absolute atomic E-state index is 0.353. The predicted octanol–water partition coefficient (Wildman–Crippen LogP) is 4.60. The Kier molecular flexibility index (Phi) is 11.8. The van der Waals surface area contributed by atoms with Gasteiger partial charge in [-0.15, -0.1) is 0 Å². The zero-order chi connectivity index (χ0) is 12.1. The Morgan fingerprint density at radius 3 is 1.75 bits per heavy atom. The second-order valence-electron chi connectivity index (χ2n) is 4.30. The molecule has 16 heavy (non-hydrogen) atoms. The number of carbonyl (C=O) groups is 1. The molecule has 0 aromatic carbocycles. The zero-order valence-electron chi connectivity index (χ0n) is 10.5. The van der Waals surface area contributed by atoms with Gasteiger partial charge in [-0.1, -0.05) is 64.7 Å². The lowest BCUT2D eigenvalue weighted by Crippen LogP contribution is -2.01. The molecule has 0 radical (unpaired) electrons. The van der Waals surface area contributed by atoms with Crippen LogP contribution in [0, 0.1) is 0 Å². The summed E-state index contributed by atoms with van der Waals surface area (Å²) < 4.78 is 4.43. The van der Waals surface area contributed by atoms with Crippen molar-refractivity contribution in [3.63, 3.8) is 0 Å². The molecule has 0 amide bonds. The van der Waals surface area contributed by atoms with Gasteiger partial charge in [0.25, 0.3) is 0 Å². The molecule has 0 aliphatic rings. The first-order valence-electron chi connectivity index (χ1n) is 6.63. The van der Waals surface area contributed by atoms with E-state index in [-0.39, 0.29) is 0 Å². The lowest BCUT2D eigenvalue weighted by Gasteiger charge is -2.02. The van der Waals surface area contributed by atoms with Crippen LogP contribution in [0.2, 0.25) is 0 Å². The molecule has 0 atom stereocenters. The summed E-state index contributed by atoms with van der Waals surface area (Å²) in [5.74, 6) is 0. The van der Waals surface area contributed by atoms with E-state index >= 15 is 0 Å². The molecule has 0 heterocycles. The van der Waals surface area contributed by atoms with Crippen molar-refractivity contribution < 1.29 is 14.6 Å². The molecule has 96 valence electrons. The minimum atomic E-state index is -1.16. The van der Waals surface area contributed by atoms with Crippen LogP contribution in [-0.2, 0) is 4.74 Å². The van der Waals surface area contributed by atoms with E-state index in [0.717, 1.165) is 12.8 Å². The van der Waals surface area contributed by atoms with Crippen molar-refractivity contribution in [1.29, 1.82) is 0 Å². The van der Waals surface area contributed by atoms with Crippen LogP contribution >= 0.6 is 0 Å². The van der Waals surface area contributed by atoms with E-state index in [1.54, 1.807) is 0 Å². The first-order chi connectivity index (χ1) is 7.77. The molecular formula is C13H26O3. The van der Waals surface area contributed by atoms with E-state index in [0.29, 0.717) is 6.61 Å². The van der Waals surface area contributed by atoms with E-state index in [1.807, 2.05) is 0 Å². The normalized spacial score (nSPS) is 10.3. The fraction of sp³-hybridized carbons (Fsp3) is 0.923. The molecule has 1 N–H and O–H groups in total. The molecular weight excluding hydrogens is 204 g/mol. The molecule has 0 unspecified atom stereocenters.